The second-order valence-corrected chi connectivity index (χ2v) is 14.4. The van der Waals surface area contributed by atoms with Gasteiger partial charge in [0.05, 0.1) is 42.5 Å². The highest BCUT2D eigenvalue weighted by molar-refractivity contribution is 5.94. The molecule has 0 radical (unpaired) electrons. The van der Waals surface area contributed by atoms with Crippen LogP contribution in [0.5, 0.6) is 0 Å². The summed E-state index contributed by atoms with van der Waals surface area (Å²) in [7, 11) is 1.43. The van der Waals surface area contributed by atoms with Gasteiger partial charge in [-0.1, -0.05) is 91.0 Å². The molecule has 0 aliphatic carbocycles. The minimum atomic E-state index is -1.17. The largest absolute Gasteiger partial charge is 0.465 e. The van der Waals surface area contributed by atoms with E-state index in [1.54, 1.807) is 47.5 Å². The Kier molecular flexibility index (Phi) is 10.2. The zero-order valence-electron chi connectivity index (χ0n) is 31.0. The van der Waals surface area contributed by atoms with Crippen LogP contribution in [-0.2, 0) is 11.4 Å². The maximum atomic E-state index is 13.9. The SMILES string of the molecule is CN(C(=O)O)[C@@H](C(=O)N1CCC[C@H]1c1ncc(-c2ccc(-c3ccc(-c4cnc([C@@H]5CCCN5C(=O)c5ccc(CO)cc5)[nH]4)cc3)cc2)[nH]1)c1ccccc1. The van der Waals surface area contributed by atoms with Crippen molar-refractivity contribution in [2.75, 3.05) is 20.1 Å². The molecule has 4 aromatic carbocycles. The Morgan fingerprint density at radius 1 is 0.714 bits per heavy atom. The molecule has 2 aromatic heterocycles. The van der Waals surface area contributed by atoms with E-state index in [9.17, 15) is 24.6 Å². The van der Waals surface area contributed by atoms with Crippen molar-refractivity contribution in [1.82, 2.24) is 34.6 Å². The molecule has 3 atom stereocenters. The number of likely N-dealkylation sites (N-methyl/N-ethyl adjacent to an activating group) is 1. The monoisotopic (exact) mass is 749 g/mol. The highest BCUT2D eigenvalue weighted by Gasteiger charge is 2.39. The van der Waals surface area contributed by atoms with Crippen LogP contribution in [-0.4, -0.2) is 82.9 Å². The molecule has 12 heteroatoms. The minimum absolute atomic E-state index is 0.0365. The van der Waals surface area contributed by atoms with Gasteiger partial charge in [-0.05, 0) is 71.2 Å². The van der Waals surface area contributed by atoms with Gasteiger partial charge < -0.3 is 30.0 Å². The molecule has 0 bridgehead atoms. The molecule has 0 saturated carbocycles. The van der Waals surface area contributed by atoms with E-state index in [4.69, 9.17) is 0 Å². The number of hydrogen-bond acceptors (Lipinski definition) is 6. The number of aliphatic hydroxyl groups excluding tert-OH is 1. The summed E-state index contributed by atoms with van der Waals surface area (Å²) in [5, 5.41) is 19.1. The highest BCUT2D eigenvalue weighted by atomic mass is 16.4. The van der Waals surface area contributed by atoms with Gasteiger partial charge in [0.25, 0.3) is 11.8 Å². The maximum absolute atomic E-state index is 13.9. The van der Waals surface area contributed by atoms with Crippen LogP contribution in [0.4, 0.5) is 4.79 Å². The van der Waals surface area contributed by atoms with E-state index in [2.05, 4.69) is 56.3 Å². The number of carbonyl (C=O) groups is 3. The number of imidazole rings is 2. The van der Waals surface area contributed by atoms with Crippen LogP contribution in [0.25, 0.3) is 33.6 Å². The number of carboxylic acid groups (broad SMARTS) is 1. The number of nitrogens with one attached hydrogen (secondary N) is 2. The lowest BCUT2D eigenvalue weighted by Crippen LogP contribution is -2.43. The molecule has 4 heterocycles. The molecule has 8 rings (SSSR count). The Morgan fingerprint density at radius 2 is 1.21 bits per heavy atom. The zero-order valence-corrected chi connectivity index (χ0v) is 31.0. The van der Waals surface area contributed by atoms with Crippen LogP contribution < -0.4 is 0 Å². The van der Waals surface area contributed by atoms with Gasteiger partial charge in [-0.3, -0.25) is 14.5 Å². The van der Waals surface area contributed by atoms with Crippen molar-refractivity contribution < 1.29 is 24.6 Å². The van der Waals surface area contributed by atoms with Crippen molar-refractivity contribution in [3.05, 3.63) is 144 Å². The molecule has 6 aromatic rings. The average molecular weight is 750 g/mol. The third kappa shape index (κ3) is 7.18. The van der Waals surface area contributed by atoms with Gasteiger partial charge in [0.2, 0.25) is 0 Å². The molecule has 56 heavy (non-hydrogen) atoms. The van der Waals surface area contributed by atoms with E-state index in [0.717, 1.165) is 75.6 Å². The number of hydrogen-bond donors (Lipinski definition) is 4. The Hall–Kier alpha value is -6.53. The topological polar surface area (TPSA) is 159 Å². The number of rotatable bonds is 10. The molecule has 0 spiro atoms. The van der Waals surface area contributed by atoms with E-state index in [1.807, 2.05) is 41.4 Å². The van der Waals surface area contributed by atoms with E-state index >= 15 is 0 Å². The van der Waals surface area contributed by atoms with Crippen LogP contribution in [0.2, 0.25) is 0 Å². The highest BCUT2D eigenvalue weighted by Crippen LogP contribution is 2.36. The standard InChI is InChI=1S/C44H43N7O5/c1-49(44(55)56)39(33-7-3-2-4-8-33)43(54)51-24-6-10-38(51)41-46-26-36(48-41)32-21-17-30(18-22-32)29-15-19-31(20-16-29)35-25-45-40(47-35)37-9-5-23-50(37)42(53)34-13-11-28(27-52)12-14-34/h2-4,7-8,11-22,25-26,37-39,52H,5-6,9-10,23-24,27H2,1H3,(H,45,47)(H,46,48)(H,55,56)/t37-,38-,39+/m0/s1. The van der Waals surface area contributed by atoms with Gasteiger partial charge >= 0.3 is 6.09 Å². The number of likely N-dealkylation sites (tertiary alicyclic amines) is 2. The van der Waals surface area contributed by atoms with Crippen molar-refractivity contribution in [3.8, 4) is 33.6 Å². The van der Waals surface area contributed by atoms with E-state index < -0.39 is 12.1 Å². The predicted octanol–water partition coefficient (Wildman–Crippen LogP) is 7.62. The van der Waals surface area contributed by atoms with Gasteiger partial charge in [-0.2, -0.15) is 0 Å². The summed E-state index contributed by atoms with van der Waals surface area (Å²) in [5.74, 6) is 1.15. The molecular weight excluding hydrogens is 707 g/mol. The fraction of sp³-hybridized carbons (Fsp3) is 0.250. The summed E-state index contributed by atoms with van der Waals surface area (Å²) in [5.41, 5.74) is 7.79. The minimum Gasteiger partial charge on any atom is -0.465 e. The van der Waals surface area contributed by atoms with Crippen molar-refractivity contribution in [2.45, 2.75) is 50.4 Å². The smallest absolute Gasteiger partial charge is 0.407 e. The van der Waals surface area contributed by atoms with Crippen LogP contribution in [0, 0.1) is 0 Å². The summed E-state index contributed by atoms with van der Waals surface area (Å²) in [6.07, 6.45) is 5.70. The van der Waals surface area contributed by atoms with Gasteiger partial charge in [-0.15, -0.1) is 0 Å². The number of carbonyl (C=O) groups excluding carboxylic acids is 2. The number of aliphatic hydroxyl groups is 1. The molecule has 3 amide bonds. The Balaban J connectivity index is 0.931. The van der Waals surface area contributed by atoms with Crippen molar-refractivity contribution in [1.29, 1.82) is 0 Å². The Morgan fingerprint density at radius 3 is 1.73 bits per heavy atom. The van der Waals surface area contributed by atoms with Crippen molar-refractivity contribution in [3.63, 3.8) is 0 Å². The first-order valence-corrected chi connectivity index (χ1v) is 18.9. The fourth-order valence-electron chi connectivity index (χ4n) is 7.95. The van der Waals surface area contributed by atoms with Gasteiger partial charge in [0.1, 0.15) is 17.7 Å². The number of nitrogens with zero attached hydrogens (tertiary/aromatic N) is 5. The van der Waals surface area contributed by atoms with E-state index in [1.165, 1.54) is 7.05 Å². The average Bonchev–Trinajstić information content (AvgIpc) is 4.08. The molecule has 2 saturated heterocycles. The fourth-order valence-corrected chi connectivity index (χ4v) is 7.95. The third-order valence-corrected chi connectivity index (χ3v) is 11.0. The summed E-state index contributed by atoms with van der Waals surface area (Å²) in [6.45, 7) is 1.13. The predicted molar refractivity (Wildman–Crippen MR) is 211 cm³/mol. The maximum Gasteiger partial charge on any atom is 0.407 e. The lowest BCUT2D eigenvalue weighted by molar-refractivity contribution is -0.137. The van der Waals surface area contributed by atoms with Gasteiger partial charge in [0.15, 0.2) is 0 Å². The first-order valence-electron chi connectivity index (χ1n) is 18.9. The van der Waals surface area contributed by atoms with Gasteiger partial charge in [-0.25, -0.2) is 14.8 Å². The van der Waals surface area contributed by atoms with Gasteiger partial charge in [0, 0.05) is 25.7 Å². The summed E-state index contributed by atoms with van der Waals surface area (Å²) >= 11 is 0. The molecule has 12 nitrogen and oxygen atoms in total. The first kappa shape index (κ1) is 36.4. The first-order chi connectivity index (χ1) is 27.3. The molecular formula is C44H43N7O5. The molecule has 2 aliphatic heterocycles. The van der Waals surface area contributed by atoms with Crippen molar-refractivity contribution >= 4 is 17.9 Å². The number of aromatic amines is 2. The second-order valence-electron chi connectivity index (χ2n) is 14.4. The summed E-state index contributed by atoms with van der Waals surface area (Å²) in [4.78, 5) is 60.2. The second kappa shape index (κ2) is 15.7. The zero-order chi connectivity index (χ0) is 38.8. The molecule has 2 fully saturated rings. The van der Waals surface area contributed by atoms with E-state index in [-0.39, 0.29) is 30.5 Å². The van der Waals surface area contributed by atoms with Crippen LogP contribution >= 0.6 is 0 Å². The van der Waals surface area contributed by atoms with Crippen LogP contribution in [0.1, 0.15) is 76.9 Å². The van der Waals surface area contributed by atoms with Crippen molar-refractivity contribution in [2.24, 2.45) is 0 Å². The molecule has 4 N–H and O–H groups in total. The normalized spacial score (nSPS) is 17.2. The molecule has 2 aliphatic rings. The summed E-state index contributed by atoms with van der Waals surface area (Å²) < 4.78 is 0. The molecule has 0 unspecified atom stereocenters. The number of amides is 3. The number of benzene rings is 4. The lowest BCUT2D eigenvalue weighted by atomic mass is 10.0. The van der Waals surface area contributed by atoms with Crippen LogP contribution in [0.15, 0.2) is 116 Å². The number of aromatic nitrogens is 4. The Labute approximate surface area is 324 Å². The number of H-pyrrole nitrogens is 2. The quantitative estimate of drug-likeness (QED) is 0.112. The third-order valence-electron chi connectivity index (χ3n) is 11.0. The molecule has 284 valence electrons. The Bertz CT molecular complexity index is 2320. The summed E-state index contributed by atoms with van der Waals surface area (Å²) in [6, 6.07) is 31.3. The lowest BCUT2D eigenvalue weighted by Gasteiger charge is -2.32. The van der Waals surface area contributed by atoms with E-state index in [0.29, 0.717) is 30.0 Å². The van der Waals surface area contributed by atoms with Crippen LogP contribution in [0.3, 0.4) is 0 Å².